The van der Waals surface area contributed by atoms with Crippen LogP contribution in [0.15, 0.2) is 24.3 Å². The lowest BCUT2D eigenvalue weighted by Crippen LogP contribution is -2.37. The van der Waals surface area contributed by atoms with Gasteiger partial charge < -0.3 is 21.3 Å². The van der Waals surface area contributed by atoms with E-state index >= 15 is 0 Å². The van der Waals surface area contributed by atoms with Gasteiger partial charge in [-0.2, -0.15) is 0 Å². The second-order valence-electron chi connectivity index (χ2n) is 6.52. The van der Waals surface area contributed by atoms with Gasteiger partial charge in [-0.15, -0.1) is 12.4 Å². The lowest BCUT2D eigenvalue weighted by atomic mass is 10.2. The third-order valence-corrected chi connectivity index (χ3v) is 4.53. The molecule has 24 heavy (non-hydrogen) atoms. The van der Waals surface area contributed by atoms with E-state index in [9.17, 15) is 9.59 Å². The molecule has 0 bridgehead atoms. The first-order valence-corrected chi connectivity index (χ1v) is 8.33. The number of halogens is 1. The number of likely N-dealkylation sites (tertiary alicyclic amines) is 1. The van der Waals surface area contributed by atoms with Gasteiger partial charge in [-0.25, -0.2) is 4.79 Å². The maximum atomic E-state index is 12.3. The summed E-state index contributed by atoms with van der Waals surface area (Å²) in [4.78, 5) is 26.0. The molecule has 0 aromatic heterocycles. The van der Waals surface area contributed by atoms with E-state index in [1.54, 1.807) is 24.3 Å². The van der Waals surface area contributed by atoms with Crippen LogP contribution in [0.2, 0.25) is 0 Å². The van der Waals surface area contributed by atoms with Crippen molar-refractivity contribution in [2.75, 3.05) is 23.7 Å². The molecule has 3 rings (SSSR count). The van der Waals surface area contributed by atoms with Gasteiger partial charge in [0.25, 0.3) is 0 Å². The zero-order chi connectivity index (χ0) is 16.3. The molecule has 1 saturated carbocycles. The molecule has 0 spiro atoms. The van der Waals surface area contributed by atoms with Crippen molar-refractivity contribution in [1.29, 1.82) is 0 Å². The molecule has 1 heterocycles. The van der Waals surface area contributed by atoms with Crippen molar-refractivity contribution in [3.05, 3.63) is 24.3 Å². The van der Waals surface area contributed by atoms with Crippen molar-refractivity contribution in [3.8, 4) is 0 Å². The Morgan fingerprint density at radius 1 is 0.917 bits per heavy atom. The summed E-state index contributed by atoms with van der Waals surface area (Å²) < 4.78 is 0. The van der Waals surface area contributed by atoms with E-state index in [0.29, 0.717) is 5.69 Å². The highest BCUT2D eigenvalue weighted by Gasteiger charge is 2.45. The predicted octanol–water partition coefficient (Wildman–Crippen LogP) is 2.95. The highest BCUT2D eigenvalue weighted by atomic mass is 35.5. The molecule has 1 aliphatic carbocycles. The fourth-order valence-corrected chi connectivity index (χ4v) is 2.73. The number of amides is 3. The van der Waals surface area contributed by atoms with E-state index in [2.05, 4.69) is 10.6 Å². The fourth-order valence-electron chi connectivity index (χ4n) is 2.73. The van der Waals surface area contributed by atoms with Crippen molar-refractivity contribution in [2.24, 2.45) is 5.73 Å². The summed E-state index contributed by atoms with van der Waals surface area (Å²) in [7, 11) is 0. The number of hydrogen-bond acceptors (Lipinski definition) is 3. The second-order valence-corrected chi connectivity index (χ2v) is 6.52. The Hall–Kier alpha value is -1.79. The number of nitrogens with two attached hydrogens (primary N) is 1. The normalized spacial score (nSPS) is 18.8. The third kappa shape index (κ3) is 4.61. The van der Waals surface area contributed by atoms with Gasteiger partial charge in [0, 0.05) is 24.5 Å². The Labute approximate surface area is 148 Å². The summed E-state index contributed by atoms with van der Waals surface area (Å²) in [6, 6.07) is 7.09. The van der Waals surface area contributed by atoms with Gasteiger partial charge in [0.05, 0.1) is 5.54 Å². The minimum Gasteiger partial charge on any atom is -0.325 e. The predicted molar refractivity (Wildman–Crippen MR) is 97.5 cm³/mol. The SMILES string of the molecule is Cl.NC1(C(=O)Nc2ccc(NC(=O)N3CCCCCC3)cc2)CC1. The second kappa shape index (κ2) is 7.85. The molecule has 132 valence electrons. The Bertz CT molecular complexity index is 579. The molecule has 1 aromatic carbocycles. The van der Waals surface area contributed by atoms with Crippen molar-refractivity contribution in [2.45, 2.75) is 44.1 Å². The summed E-state index contributed by atoms with van der Waals surface area (Å²) >= 11 is 0. The maximum absolute atomic E-state index is 12.3. The van der Waals surface area contributed by atoms with Crippen molar-refractivity contribution >= 4 is 35.7 Å². The molecule has 1 aromatic rings. The number of nitrogens with zero attached hydrogens (tertiary/aromatic N) is 1. The molecule has 1 saturated heterocycles. The summed E-state index contributed by atoms with van der Waals surface area (Å²) in [5.41, 5.74) is 6.60. The van der Waals surface area contributed by atoms with Gasteiger partial charge in [0.1, 0.15) is 0 Å². The molecule has 0 unspecified atom stereocenters. The van der Waals surface area contributed by atoms with E-state index in [4.69, 9.17) is 5.73 Å². The third-order valence-electron chi connectivity index (χ3n) is 4.53. The van der Waals surface area contributed by atoms with Gasteiger partial charge in [0.15, 0.2) is 0 Å². The average Bonchev–Trinajstić information content (AvgIpc) is 3.33. The highest BCUT2D eigenvalue weighted by Crippen LogP contribution is 2.33. The summed E-state index contributed by atoms with van der Waals surface area (Å²) in [5.74, 6) is -0.140. The van der Waals surface area contributed by atoms with Crippen LogP contribution in [0.3, 0.4) is 0 Å². The number of rotatable bonds is 3. The quantitative estimate of drug-likeness (QED) is 0.781. The topological polar surface area (TPSA) is 87.5 Å². The number of nitrogens with one attached hydrogen (secondary N) is 2. The maximum Gasteiger partial charge on any atom is 0.321 e. The zero-order valence-electron chi connectivity index (χ0n) is 13.7. The number of carbonyl (C=O) groups excluding carboxylic acids is 2. The van der Waals surface area contributed by atoms with Crippen molar-refractivity contribution in [3.63, 3.8) is 0 Å². The van der Waals surface area contributed by atoms with E-state index in [1.807, 2.05) is 4.90 Å². The molecule has 0 radical (unpaired) electrons. The van der Waals surface area contributed by atoms with E-state index in [1.165, 1.54) is 12.8 Å². The van der Waals surface area contributed by atoms with Crippen LogP contribution in [0.25, 0.3) is 0 Å². The lowest BCUT2D eigenvalue weighted by Gasteiger charge is -2.20. The van der Waals surface area contributed by atoms with Crippen molar-refractivity contribution in [1.82, 2.24) is 4.90 Å². The van der Waals surface area contributed by atoms with Gasteiger partial charge in [-0.3, -0.25) is 4.79 Å². The van der Waals surface area contributed by atoms with Gasteiger partial charge >= 0.3 is 6.03 Å². The molecule has 2 aliphatic rings. The van der Waals surface area contributed by atoms with Crippen LogP contribution in [0.5, 0.6) is 0 Å². The van der Waals surface area contributed by atoms with Gasteiger partial charge in [-0.1, -0.05) is 12.8 Å². The number of hydrogen-bond donors (Lipinski definition) is 3. The minimum absolute atomic E-state index is 0. The van der Waals surface area contributed by atoms with E-state index in [0.717, 1.165) is 44.5 Å². The first kappa shape index (κ1) is 18.5. The number of anilines is 2. The molecule has 4 N–H and O–H groups in total. The smallest absolute Gasteiger partial charge is 0.321 e. The zero-order valence-corrected chi connectivity index (χ0v) is 14.5. The highest BCUT2D eigenvalue weighted by molar-refractivity contribution is 6.00. The van der Waals surface area contributed by atoms with Crippen LogP contribution in [0.4, 0.5) is 16.2 Å². The molecule has 1 aliphatic heterocycles. The van der Waals surface area contributed by atoms with Gasteiger partial charge in [-0.05, 0) is 49.9 Å². The molecule has 6 nitrogen and oxygen atoms in total. The molecule has 7 heteroatoms. The largest absolute Gasteiger partial charge is 0.325 e. The fraction of sp³-hybridized carbons (Fsp3) is 0.529. The van der Waals surface area contributed by atoms with Gasteiger partial charge in [0.2, 0.25) is 5.91 Å². The Kier molecular flexibility index (Phi) is 6.07. The standard InChI is InChI=1S/C17H24N4O2.ClH/c18-17(9-10-17)15(22)19-13-5-7-14(8-6-13)20-16(23)21-11-3-1-2-4-12-21;/h5-8H,1-4,9-12,18H2,(H,19,22)(H,20,23);1H. The molecular weight excluding hydrogens is 328 g/mol. The van der Waals surface area contributed by atoms with Crippen LogP contribution in [0, 0.1) is 0 Å². The Morgan fingerprint density at radius 3 is 1.92 bits per heavy atom. The first-order valence-electron chi connectivity index (χ1n) is 8.33. The molecular formula is C17H25ClN4O2. The van der Waals surface area contributed by atoms with Crippen LogP contribution < -0.4 is 16.4 Å². The average molecular weight is 353 g/mol. The summed E-state index contributed by atoms with van der Waals surface area (Å²) in [5, 5.41) is 5.72. The van der Waals surface area contributed by atoms with Crippen LogP contribution in [-0.2, 0) is 4.79 Å². The number of urea groups is 1. The van der Waals surface area contributed by atoms with Crippen LogP contribution >= 0.6 is 12.4 Å². The first-order chi connectivity index (χ1) is 11.1. The Balaban J connectivity index is 0.00000208. The minimum atomic E-state index is -0.681. The molecule has 3 amide bonds. The van der Waals surface area contributed by atoms with Crippen LogP contribution in [-0.4, -0.2) is 35.5 Å². The van der Waals surface area contributed by atoms with Crippen molar-refractivity contribution < 1.29 is 9.59 Å². The summed E-state index contributed by atoms with van der Waals surface area (Å²) in [6.45, 7) is 1.64. The van der Waals surface area contributed by atoms with E-state index in [-0.39, 0.29) is 24.3 Å². The number of carbonyl (C=O) groups is 2. The number of benzene rings is 1. The molecule has 0 atom stereocenters. The molecule has 2 fully saturated rings. The van der Waals surface area contributed by atoms with E-state index < -0.39 is 5.54 Å². The lowest BCUT2D eigenvalue weighted by molar-refractivity contribution is -0.118. The monoisotopic (exact) mass is 352 g/mol. The van der Waals surface area contributed by atoms with Crippen LogP contribution in [0.1, 0.15) is 38.5 Å². The Morgan fingerprint density at radius 2 is 1.42 bits per heavy atom. The summed E-state index contributed by atoms with van der Waals surface area (Å²) in [6.07, 6.45) is 6.01.